The van der Waals surface area contributed by atoms with Crippen LogP contribution in [0, 0.1) is 11.3 Å². The van der Waals surface area contributed by atoms with Gasteiger partial charge in [-0.1, -0.05) is 13.3 Å². The quantitative estimate of drug-likeness (QED) is 0.829. The number of ether oxygens (including phenoxy) is 1. The van der Waals surface area contributed by atoms with E-state index in [1.54, 1.807) is 0 Å². The van der Waals surface area contributed by atoms with Gasteiger partial charge in [0.2, 0.25) is 0 Å². The van der Waals surface area contributed by atoms with Crippen molar-refractivity contribution in [3.8, 4) is 0 Å². The molecule has 2 aliphatic heterocycles. The van der Waals surface area contributed by atoms with E-state index >= 15 is 0 Å². The summed E-state index contributed by atoms with van der Waals surface area (Å²) in [5.41, 5.74) is 0.360. The molecule has 2 atom stereocenters. The fraction of sp³-hybridized carbons (Fsp3) is 1.00. The maximum absolute atomic E-state index is 5.79. The zero-order chi connectivity index (χ0) is 13.6. The first-order valence-electron chi connectivity index (χ1n) is 8.23. The van der Waals surface area contributed by atoms with E-state index in [0.29, 0.717) is 5.41 Å². The van der Waals surface area contributed by atoms with Gasteiger partial charge in [0.1, 0.15) is 0 Å². The molecule has 2 saturated heterocycles. The second-order valence-electron chi connectivity index (χ2n) is 6.67. The zero-order valence-corrected chi connectivity index (χ0v) is 12.9. The molecule has 0 aliphatic carbocycles. The monoisotopic (exact) mass is 268 g/mol. The van der Waals surface area contributed by atoms with Crippen LogP contribution in [0.15, 0.2) is 0 Å². The van der Waals surface area contributed by atoms with Crippen molar-refractivity contribution in [2.75, 3.05) is 46.4 Å². The number of rotatable bonds is 5. The molecule has 2 aliphatic rings. The number of nitrogens with one attached hydrogen (secondary N) is 1. The molecule has 0 aromatic heterocycles. The van der Waals surface area contributed by atoms with Gasteiger partial charge in [-0.3, -0.25) is 0 Å². The number of likely N-dealkylation sites (tertiary alicyclic amines) is 1. The van der Waals surface area contributed by atoms with Gasteiger partial charge in [0.15, 0.2) is 0 Å². The number of hydrogen-bond donors (Lipinski definition) is 1. The van der Waals surface area contributed by atoms with Crippen molar-refractivity contribution in [3.05, 3.63) is 0 Å². The molecule has 2 heterocycles. The molecule has 1 N–H and O–H groups in total. The van der Waals surface area contributed by atoms with Crippen LogP contribution < -0.4 is 5.32 Å². The minimum atomic E-state index is 0.360. The van der Waals surface area contributed by atoms with Crippen molar-refractivity contribution in [1.82, 2.24) is 10.2 Å². The van der Waals surface area contributed by atoms with E-state index in [-0.39, 0.29) is 0 Å². The number of nitrogens with zero attached hydrogens (tertiary/aromatic N) is 1. The van der Waals surface area contributed by atoms with E-state index < -0.39 is 0 Å². The largest absolute Gasteiger partial charge is 0.381 e. The van der Waals surface area contributed by atoms with Crippen LogP contribution in [0.3, 0.4) is 0 Å². The van der Waals surface area contributed by atoms with Crippen LogP contribution in [0.4, 0.5) is 0 Å². The van der Waals surface area contributed by atoms with Crippen LogP contribution >= 0.6 is 0 Å². The third-order valence-corrected chi connectivity index (χ3v) is 5.03. The molecule has 19 heavy (non-hydrogen) atoms. The van der Waals surface area contributed by atoms with Crippen LogP contribution in [-0.4, -0.2) is 51.3 Å². The molecule has 0 saturated carbocycles. The lowest BCUT2D eigenvalue weighted by Gasteiger charge is -2.40. The zero-order valence-electron chi connectivity index (χ0n) is 12.9. The smallest absolute Gasteiger partial charge is 0.0546 e. The minimum Gasteiger partial charge on any atom is -0.381 e. The van der Waals surface area contributed by atoms with Crippen molar-refractivity contribution >= 4 is 0 Å². The summed E-state index contributed by atoms with van der Waals surface area (Å²) in [6.45, 7) is 9.17. The summed E-state index contributed by atoms with van der Waals surface area (Å²) in [6, 6.07) is 0. The van der Waals surface area contributed by atoms with Gasteiger partial charge in [-0.15, -0.1) is 0 Å². The Hall–Kier alpha value is -0.120. The summed E-state index contributed by atoms with van der Waals surface area (Å²) in [7, 11) is 2.08. The van der Waals surface area contributed by atoms with Crippen molar-refractivity contribution in [2.24, 2.45) is 11.3 Å². The molecule has 3 nitrogen and oxygen atoms in total. The Balaban J connectivity index is 1.89. The molecular formula is C16H32N2O. The average Bonchev–Trinajstić information content (AvgIpc) is 2.65. The predicted octanol–water partition coefficient (Wildman–Crippen LogP) is 2.51. The average molecular weight is 268 g/mol. The topological polar surface area (TPSA) is 24.5 Å². The fourth-order valence-corrected chi connectivity index (χ4v) is 3.87. The molecule has 0 radical (unpaired) electrons. The van der Waals surface area contributed by atoms with E-state index in [4.69, 9.17) is 4.74 Å². The fourth-order valence-electron chi connectivity index (χ4n) is 3.87. The molecule has 0 bridgehead atoms. The standard InChI is InChI=1S/C16H32N2O/c1-3-15-6-4-9-18(10-7-15)13-16(12-17-2)8-5-11-19-14-16/h15,17H,3-14H2,1-2H3. The van der Waals surface area contributed by atoms with Crippen molar-refractivity contribution in [1.29, 1.82) is 0 Å². The van der Waals surface area contributed by atoms with Gasteiger partial charge in [-0.05, 0) is 58.2 Å². The Bertz CT molecular complexity index is 246. The van der Waals surface area contributed by atoms with Crippen molar-refractivity contribution in [2.45, 2.75) is 45.4 Å². The van der Waals surface area contributed by atoms with Crippen LogP contribution in [0.2, 0.25) is 0 Å². The maximum atomic E-state index is 5.79. The lowest BCUT2D eigenvalue weighted by Crippen LogP contribution is -2.48. The van der Waals surface area contributed by atoms with E-state index in [9.17, 15) is 0 Å². The highest BCUT2D eigenvalue weighted by atomic mass is 16.5. The molecule has 0 aromatic rings. The van der Waals surface area contributed by atoms with Gasteiger partial charge in [0.05, 0.1) is 6.61 Å². The van der Waals surface area contributed by atoms with Crippen molar-refractivity contribution < 1.29 is 4.74 Å². The minimum absolute atomic E-state index is 0.360. The van der Waals surface area contributed by atoms with Gasteiger partial charge in [-0.2, -0.15) is 0 Å². The van der Waals surface area contributed by atoms with Gasteiger partial charge >= 0.3 is 0 Å². The third-order valence-electron chi connectivity index (χ3n) is 5.03. The van der Waals surface area contributed by atoms with Crippen molar-refractivity contribution in [3.63, 3.8) is 0 Å². The summed E-state index contributed by atoms with van der Waals surface area (Å²) in [5, 5.41) is 3.40. The lowest BCUT2D eigenvalue weighted by molar-refractivity contribution is -0.0250. The summed E-state index contributed by atoms with van der Waals surface area (Å²) in [6.07, 6.45) is 8.12. The molecule has 112 valence electrons. The second kappa shape index (κ2) is 7.61. The highest BCUT2D eigenvalue weighted by Crippen LogP contribution is 2.30. The summed E-state index contributed by atoms with van der Waals surface area (Å²) >= 11 is 0. The number of hydrogen-bond acceptors (Lipinski definition) is 3. The SMILES string of the molecule is CCC1CCCN(CC2(CNC)CCCOC2)CC1. The van der Waals surface area contributed by atoms with Gasteiger partial charge < -0.3 is 15.0 Å². The van der Waals surface area contributed by atoms with Crippen LogP contribution in [0.25, 0.3) is 0 Å². The first kappa shape index (κ1) is 15.3. The van der Waals surface area contributed by atoms with Gasteiger partial charge in [0.25, 0.3) is 0 Å². The Morgan fingerprint density at radius 2 is 2.16 bits per heavy atom. The van der Waals surface area contributed by atoms with Crippen LogP contribution in [0.1, 0.15) is 45.4 Å². The molecule has 2 rings (SSSR count). The Morgan fingerprint density at radius 3 is 2.84 bits per heavy atom. The second-order valence-corrected chi connectivity index (χ2v) is 6.67. The third kappa shape index (κ3) is 4.44. The summed E-state index contributed by atoms with van der Waals surface area (Å²) in [5.74, 6) is 0.966. The lowest BCUT2D eigenvalue weighted by atomic mass is 9.81. The van der Waals surface area contributed by atoms with Gasteiger partial charge in [0, 0.05) is 25.1 Å². The highest BCUT2D eigenvalue weighted by molar-refractivity contribution is 4.87. The summed E-state index contributed by atoms with van der Waals surface area (Å²) < 4.78 is 5.79. The van der Waals surface area contributed by atoms with Crippen LogP contribution in [0.5, 0.6) is 0 Å². The van der Waals surface area contributed by atoms with E-state index in [0.717, 1.165) is 25.7 Å². The Morgan fingerprint density at radius 1 is 1.26 bits per heavy atom. The Labute approximate surface area is 119 Å². The molecule has 2 unspecified atom stereocenters. The molecular weight excluding hydrogens is 236 g/mol. The normalized spacial score (nSPS) is 34.1. The molecule has 2 fully saturated rings. The molecule has 0 aromatic carbocycles. The maximum Gasteiger partial charge on any atom is 0.0546 e. The molecule has 3 heteroatoms. The van der Waals surface area contributed by atoms with E-state index in [1.807, 2.05) is 0 Å². The highest BCUT2D eigenvalue weighted by Gasteiger charge is 2.34. The predicted molar refractivity (Wildman–Crippen MR) is 80.5 cm³/mol. The molecule has 0 amide bonds. The first-order chi connectivity index (χ1) is 9.28. The molecule has 0 spiro atoms. The van der Waals surface area contributed by atoms with E-state index in [2.05, 4.69) is 24.2 Å². The van der Waals surface area contributed by atoms with Gasteiger partial charge in [-0.25, -0.2) is 0 Å². The van der Waals surface area contributed by atoms with E-state index in [1.165, 1.54) is 58.2 Å². The first-order valence-corrected chi connectivity index (χ1v) is 8.23. The summed E-state index contributed by atoms with van der Waals surface area (Å²) in [4.78, 5) is 2.71. The van der Waals surface area contributed by atoms with Crippen LogP contribution in [-0.2, 0) is 4.74 Å². The Kier molecular flexibility index (Phi) is 6.11.